The Labute approximate surface area is 380 Å². The summed E-state index contributed by atoms with van der Waals surface area (Å²) < 4.78 is 2.42. The van der Waals surface area contributed by atoms with Gasteiger partial charge < -0.3 is 10.3 Å². The molecule has 10 rings (SSSR count). The summed E-state index contributed by atoms with van der Waals surface area (Å²) in [5.41, 5.74) is 24.0. The molecule has 0 amide bonds. The molecular formula is C62H58N2. The zero-order chi connectivity index (χ0) is 44.3. The summed E-state index contributed by atoms with van der Waals surface area (Å²) >= 11 is 0. The molecule has 2 N–H and O–H groups in total. The Morgan fingerprint density at radius 3 is 2.06 bits per heavy atom. The molecule has 0 radical (unpaired) electrons. The topological polar surface area (TPSA) is 30.9 Å². The number of allylic oxidation sites excluding steroid dienone is 6. The molecule has 0 aliphatic heterocycles. The van der Waals surface area contributed by atoms with E-state index in [1.165, 1.54) is 95.5 Å². The lowest BCUT2D eigenvalue weighted by atomic mass is 9.95. The molecule has 8 aromatic carbocycles. The number of fused-ring (bicyclic) bond motifs is 8. The number of nitrogens with zero attached hydrogens (tertiary/aromatic N) is 1. The second-order valence-corrected chi connectivity index (χ2v) is 16.2. The minimum absolute atomic E-state index is 0.660. The van der Waals surface area contributed by atoms with E-state index in [4.69, 9.17) is 5.73 Å². The predicted octanol–water partition coefficient (Wildman–Crippen LogP) is 16.6. The van der Waals surface area contributed by atoms with Crippen molar-refractivity contribution in [2.45, 2.75) is 53.0 Å². The van der Waals surface area contributed by atoms with Gasteiger partial charge in [0, 0.05) is 29.4 Å². The Hall–Kier alpha value is -7.42. The highest BCUT2D eigenvalue weighted by Crippen LogP contribution is 2.40. The first-order chi connectivity index (χ1) is 31.6. The fraction of sp³-hybridized carbons (Fsp3) is 0.129. The maximum Gasteiger partial charge on any atom is 0.0500 e. The van der Waals surface area contributed by atoms with Crippen molar-refractivity contribution in [3.63, 3.8) is 0 Å². The minimum Gasteiger partial charge on any atom is -0.402 e. The molecule has 316 valence electrons. The summed E-state index contributed by atoms with van der Waals surface area (Å²) in [7, 11) is 0. The van der Waals surface area contributed by atoms with Crippen molar-refractivity contribution >= 4 is 38.2 Å². The first-order valence-electron chi connectivity index (χ1n) is 22.9. The number of hydrogen-bond acceptors (Lipinski definition) is 1. The van der Waals surface area contributed by atoms with Gasteiger partial charge in [0.1, 0.15) is 0 Å². The monoisotopic (exact) mass is 830 g/mol. The van der Waals surface area contributed by atoms with Gasteiger partial charge in [-0.3, -0.25) is 0 Å². The van der Waals surface area contributed by atoms with Crippen molar-refractivity contribution in [3.8, 4) is 33.4 Å². The Morgan fingerprint density at radius 1 is 0.609 bits per heavy atom. The summed E-state index contributed by atoms with van der Waals surface area (Å²) in [5.74, 6) is 0. The number of aromatic nitrogens is 1. The molecule has 2 heteroatoms. The molecule has 0 spiro atoms. The number of nitrogens with two attached hydrogens (primary N) is 1. The quantitative estimate of drug-likeness (QED) is 0.129. The van der Waals surface area contributed by atoms with E-state index in [0.29, 0.717) is 13.0 Å². The van der Waals surface area contributed by atoms with E-state index in [1.54, 1.807) is 0 Å². The van der Waals surface area contributed by atoms with Crippen LogP contribution in [0.3, 0.4) is 0 Å². The van der Waals surface area contributed by atoms with Crippen molar-refractivity contribution in [2.75, 3.05) is 0 Å². The average molecular weight is 831 g/mol. The van der Waals surface area contributed by atoms with Crippen LogP contribution in [0.4, 0.5) is 0 Å². The molecule has 2 nitrogen and oxygen atoms in total. The lowest BCUT2D eigenvalue weighted by Gasteiger charge is -2.10. The molecule has 9 aromatic rings. The molecule has 0 saturated heterocycles. The fourth-order valence-electron chi connectivity index (χ4n) is 8.97. The second kappa shape index (κ2) is 20.6. The molecule has 1 aliphatic carbocycles. The fourth-order valence-corrected chi connectivity index (χ4v) is 8.97. The standard InChI is InChI=1S/C51H40N2.C9H12.C2H6/c1-2-12-35(36-13-4-3-5-14-36)17-11-20-44(52)29-30-53-49-28-26-37-15-6-9-22-46(37)51(49)47-27-25-41(34-50(47)53)39-19-10-18-38(31-39)40-23-24-43-32-42-16-7-8-21-45(42)48(43)33-40;1-2-6-9-7-4-3-5-8-9;1-2/h2-19,21-29,31,33-34H,1,20,30,32,52H2;3-5,7-8H,2,6H2,1H3;1-2H3/b17-11-,35-12+,44-29-;;. The summed E-state index contributed by atoms with van der Waals surface area (Å²) in [6.45, 7) is 10.8. The van der Waals surface area contributed by atoms with Crippen molar-refractivity contribution in [3.05, 3.63) is 247 Å². The Bertz CT molecular complexity index is 3120. The van der Waals surface area contributed by atoms with Gasteiger partial charge >= 0.3 is 0 Å². The molecule has 1 aliphatic rings. The first kappa shape index (κ1) is 43.2. The van der Waals surface area contributed by atoms with Crippen LogP contribution < -0.4 is 5.73 Å². The van der Waals surface area contributed by atoms with Gasteiger partial charge in [-0.25, -0.2) is 0 Å². The minimum atomic E-state index is 0.660. The highest BCUT2D eigenvalue weighted by Gasteiger charge is 2.19. The van der Waals surface area contributed by atoms with Crippen LogP contribution in [0, 0.1) is 0 Å². The van der Waals surface area contributed by atoms with Crippen molar-refractivity contribution in [1.82, 2.24) is 4.57 Å². The maximum atomic E-state index is 6.68. The molecule has 64 heavy (non-hydrogen) atoms. The largest absolute Gasteiger partial charge is 0.402 e. The Kier molecular flexibility index (Phi) is 13.9. The van der Waals surface area contributed by atoms with Gasteiger partial charge in [-0.15, -0.1) is 0 Å². The van der Waals surface area contributed by atoms with Gasteiger partial charge in [0.15, 0.2) is 0 Å². The summed E-state index contributed by atoms with van der Waals surface area (Å²) in [6, 6.07) is 65.8. The van der Waals surface area contributed by atoms with Crippen LogP contribution in [-0.2, 0) is 19.4 Å². The van der Waals surface area contributed by atoms with Gasteiger partial charge in [0.2, 0.25) is 0 Å². The number of rotatable bonds is 11. The van der Waals surface area contributed by atoms with Gasteiger partial charge in [0.25, 0.3) is 0 Å². The smallest absolute Gasteiger partial charge is 0.0500 e. The Morgan fingerprint density at radius 2 is 1.28 bits per heavy atom. The lowest BCUT2D eigenvalue weighted by Crippen LogP contribution is -2.01. The molecular weight excluding hydrogens is 773 g/mol. The van der Waals surface area contributed by atoms with E-state index in [0.717, 1.165) is 23.3 Å². The molecule has 1 heterocycles. The predicted molar refractivity (Wildman–Crippen MR) is 278 cm³/mol. The lowest BCUT2D eigenvalue weighted by molar-refractivity contribution is 0.883. The summed E-state index contributed by atoms with van der Waals surface area (Å²) in [5, 5.41) is 5.05. The normalized spacial score (nSPS) is 12.1. The van der Waals surface area contributed by atoms with Crippen LogP contribution in [0.15, 0.2) is 225 Å². The van der Waals surface area contributed by atoms with Gasteiger partial charge in [-0.1, -0.05) is 216 Å². The van der Waals surface area contributed by atoms with Crippen molar-refractivity contribution < 1.29 is 0 Å². The summed E-state index contributed by atoms with van der Waals surface area (Å²) in [4.78, 5) is 0. The zero-order valence-electron chi connectivity index (χ0n) is 37.5. The molecule has 0 saturated carbocycles. The zero-order valence-corrected chi connectivity index (χ0v) is 37.5. The Balaban J connectivity index is 0.000000452. The number of aryl methyl sites for hydroxylation is 1. The van der Waals surface area contributed by atoms with Crippen LogP contribution in [0.1, 0.15) is 55.9 Å². The highest BCUT2D eigenvalue weighted by molar-refractivity contribution is 6.21. The van der Waals surface area contributed by atoms with Crippen LogP contribution >= 0.6 is 0 Å². The average Bonchev–Trinajstić information content (AvgIpc) is 3.89. The SMILES string of the molecule is C=C/C=C(\C=C/C/C(N)=C/Cn1c2cc(-c3cccc(-c4ccc5c(c4)-c4ccccc4C5)c3)ccc2c2c3ccccc3ccc21)c1ccccc1.CC.CCCc1ccccc1. The van der Waals surface area contributed by atoms with Gasteiger partial charge in [-0.2, -0.15) is 0 Å². The number of hydrogen-bond donors (Lipinski definition) is 1. The maximum absolute atomic E-state index is 6.68. The molecule has 0 fully saturated rings. The van der Waals surface area contributed by atoms with E-state index >= 15 is 0 Å². The van der Waals surface area contributed by atoms with E-state index in [-0.39, 0.29) is 0 Å². The third kappa shape index (κ3) is 9.48. The van der Waals surface area contributed by atoms with Crippen molar-refractivity contribution in [1.29, 1.82) is 0 Å². The molecule has 1 aromatic heterocycles. The third-order valence-electron chi connectivity index (χ3n) is 12.1. The van der Waals surface area contributed by atoms with Crippen LogP contribution in [0.5, 0.6) is 0 Å². The van der Waals surface area contributed by atoms with Crippen LogP contribution in [0.2, 0.25) is 0 Å². The third-order valence-corrected chi connectivity index (χ3v) is 12.1. The summed E-state index contributed by atoms with van der Waals surface area (Å²) in [6.07, 6.45) is 14.4. The van der Waals surface area contributed by atoms with Gasteiger partial charge in [0.05, 0.1) is 11.0 Å². The van der Waals surface area contributed by atoms with Crippen LogP contribution in [0.25, 0.3) is 71.5 Å². The first-order valence-corrected chi connectivity index (χ1v) is 22.9. The van der Waals surface area contributed by atoms with Crippen molar-refractivity contribution in [2.24, 2.45) is 5.73 Å². The molecule has 0 bridgehead atoms. The number of benzene rings is 8. The molecule has 0 unspecified atom stereocenters. The van der Waals surface area contributed by atoms with E-state index < -0.39 is 0 Å². The van der Waals surface area contributed by atoms with Gasteiger partial charge in [-0.05, 0) is 115 Å². The van der Waals surface area contributed by atoms with E-state index in [9.17, 15) is 0 Å². The second-order valence-electron chi connectivity index (χ2n) is 16.2. The van der Waals surface area contributed by atoms with E-state index in [1.807, 2.05) is 32.1 Å². The molecule has 0 atom stereocenters. The highest BCUT2D eigenvalue weighted by atomic mass is 15.0. The van der Waals surface area contributed by atoms with Crippen LogP contribution in [-0.4, -0.2) is 4.57 Å². The van der Waals surface area contributed by atoms with E-state index in [2.05, 4.69) is 212 Å².